The number of aromatic nitrogens is 2. The molecule has 1 aromatic heterocycles. The number of nitrogens with zero attached hydrogens (tertiary/aromatic N) is 1. The third kappa shape index (κ3) is 2.73. The quantitative estimate of drug-likeness (QED) is 0.555. The lowest BCUT2D eigenvalue weighted by Gasteiger charge is -2.10. The van der Waals surface area contributed by atoms with Gasteiger partial charge in [0.1, 0.15) is 11.6 Å². The third-order valence-electron chi connectivity index (χ3n) is 4.70. The van der Waals surface area contributed by atoms with E-state index in [4.69, 9.17) is 14.2 Å². The summed E-state index contributed by atoms with van der Waals surface area (Å²) in [6.07, 6.45) is 0.808. The number of aromatic amines is 1. The van der Waals surface area contributed by atoms with Crippen LogP contribution < -0.4 is 19.5 Å². The molecule has 134 valence electrons. The van der Waals surface area contributed by atoms with Crippen molar-refractivity contribution in [1.82, 2.24) is 10.2 Å². The van der Waals surface area contributed by atoms with Crippen LogP contribution in [-0.4, -0.2) is 31.5 Å². The van der Waals surface area contributed by atoms with Gasteiger partial charge in [-0.3, -0.25) is 5.10 Å². The number of ether oxygens (including phenoxy) is 3. The fraction of sp³-hybridized carbons (Fsp3) is 0.250. The first-order chi connectivity index (χ1) is 12.7. The van der Waals surface area contributed by atoms with Crippen molar-refractivity contribution in [1.29, 1.82) is 0 Å². The maximum atomic E-state index is 5.42. The molecule has 6 heteroatoms. The molecule has 26 heavy (non-hydrogen) atoms. The minimum atomic E-state index is 0.689. The Hall–Kier alpha value is -3.15. The molecule has 2 N–H and O–H groups in total. The number of rotatable bonds is 6. The smallest absolute Gasteiger partial charge is 0.161 e. The van der Waals surface area contributed by atoms with Gasteiger partial charge in [0.25, 0.3) is 0 Å². The van der Waals surface area contributed by atoms with Crippen molar-refractivity contribution < 1.29 is 14.2 Å². The summed E-state index contributed by atoms with van der Waals surface area (Å²) in [5.74, 6) is 3.25. The van der Waals surface area contributed by atoms with Gasteiger partial charge in [0.2, 0.25) is 0 Å². The number of anilines is 1. The molecular weight excluding hydrogens is 330 g/mol. The van der Waals surface area contributed by atoms with Crippen molar-refractivity contribution in [2.24, 2.45) is 0 Å². The van der Waals surface area contributed by atoms with Crippen LogP contribution in [0.15, 0.2) is 36.4 Å². The summed E-state index contributed by atoms with van der Waals surface area (Å²) in [6, 6.07) is 12.0. The first kappa shape index (κ1) is 16.3. The molecule has 3 aromatic rings. The average Bonchev–Trinajstić information content (AvgIpc) is 3.24. The van der Waals surface area contributed by atoms with E-state index in [-0.39, 0.29) is 0 Å². The molecule has 0 fully saturated rings. The second-order valence-electron chi connectivity index (χ2n) is 6.17. The zero-order valence-corrected chi connectivity index (χ0v) is 15.1. The van der Waals surface area contributed by atoms with Gasteiger partial charge in [-0.05, 0) is 35.4 Å². The molecule has 1 aliphatic carbocycles. The highest BCUT2D eigenvalue weighted by Crippen LogP contribution is 2.43. The minimum absolute atomic E-state index is 0.689. The standard InChI is InChI=1S/C20H21N3O3/c1-24-14-6-4-5-12(7-14)11-21-20-16-8-13-9-17(25-2)18(26-3)10-15(13)19(16)22-23-20/h4-7,9-10H,8,11H2,1-3H3,(H2,21,22,23). The van der Waals surface area contributed by atoms with Gasteiger partial charge >= 0.3 is 0 Å². The van der Waals surface area contributed by atoms with E-state index < -0.39 is 0 Å². The van der Waals surface area contributed by atoms with E-state index in [2.05, 4.69) is 21.6 Å². The van der Waals surface area contributed by atoms with E-state index in [9.17, 15) is 0 Å². The summed E-state index contributed by atoms with van der Waals surface area (Å²) in [6.45, 7) is 0.689. The van der Waals surface area contributed by atoms with E-state index >= 15 is 0 Å². The average molecular weight is 351 g/mol. The van der Waals surface area contributed by atoms with Crippen LogP contribution in [0.3, 0.4) is 0 Å². The van der Waals surface area contributed by atoms with Crippen molar-refractivity contribution in [3.05, 3.63) is 53.1 Å². The number of methoxy groups -OCH3 is 3. The van der Waals surface area contributed by atoms with E-state index in [1.165, 1.54) is 11.1 Å². The Morgan fingerprint density at radius 3 is 2.62 bits per heavy atom. The molecule has 0 radical (unpaired) electrons. The van der Waals surface area contributed by atoms with Gasteiger partial charge in [-0.1, -0.05) is 12.1 Å². The van der Waals surface area contributed by atoms with E-state index in [1.54, 1.807) is 21.3 Å². The van der Waals surface area contributed by atoms with Crippen LogP contribution in [0.1, 0.15) is 16.7 Å². The van der Waals surface area contributed by atoms with Crippen molar-refractivity contribution in [3.8, 4) is 28.5 Å². The topological polar surface area (TPSA) is 68.4 Å². The Kier molecular flexibility index (Phi) is 4.16. The fourth-order valence-electron chi connectivity index (χ4n) is 3.36. The maximum absolute atomic E-state index is 5.42. The highest BCUT2D eigenvalue weighted by molar-refractivity contribution is 5.80. The molecule has 0 unspecified atom stereocenters. The highest BCUT2D eigenvalue weighted by Gasteiger charge is 2.26. The Morgan fingerprint density at radius 2 is 1.85 bits per heavy atom. The molecule has 0 atom stereocenters. The van der Waals surface area contributed by atoms with Crippen molar-refractivity contribution in [3.63, 3.8) is 0 Å². The summed E-state index contributed by atoms with van der Waals surface area (Å²) in [7, 11) is 4.97. The summed E-state index contributed by atoms with van der Waals surface area (Å²) in [5.41, 5.74) is 5.56. The lowest BCUT2D eigenvalue weighted by atomic mass is 10.1. The number of hydrogen-bond acceptors (Lipinski definition) is 5. The van der Waals surface area contributed by atoms with Crippen LogP contribution in [0.4, 0.5) is 5.82 Å². The lowest BCUT2D eigenvalue weighted by molar-refractivity contribution is 0.355. The Morgan fingerprint density at radius 1 is 1.04 bits per heavy atom. The Balaban J connectivity index is 1.58. The molecule has 2 aromatic carbocycles. The summed E-state index contributed by atoms with van der Waals surface area (Å²) < 4.78 is 16.1. The SMILES string of the molecule is COc1cccc(CNc2[nH]nc3c2Cc2cc(OC)c(OC)cc2-3)c1. The summed E-state index contributed by atoms with van der Waals surface area (Å²) >= 11 is 0. The van der Waals surface area contributed by atoms with Crippen molar-refractivity contribution in [2.75, 3.05) is 26.6 Å². The molecule has 4 rings (SSSR count). The molecule has 0 spiro atoms. The molecule has 0 amide bonds. The fourth-order valence-corrected chi connectivity index (χ4v) is 3.36. The van der Waals surface area contributed by atoms with Crippen molar-refractivity contribution >= 4 is 5.82 Å². The summed E-state index contributed by atoms with van der Waals surface area (Å²) in [4.78, 5) is 0. The Bertz CT molecular complexity index is 949. The van der Waals surface area contributed by atoms with Crippen LogP contribution >= 0.6 is 0 Å². The van der Waals surface area contributed by atoms with Gasteiger partial charge < -0.3 is 19.5 Å². The van der Waals surface area contributed by atoms with E-state index in [1.807, 2.05) is 30.3 Å². The molecule has 1 heterocycles. The predicted octanol–water partition coefficient (Wildman–Crippen LogP) is 3.62. The number of nitrogens with one attached hydrogen (secondary N) is 2. The molecule has 0 saturated heterocycles. The third-order valence-corrected chi connectivity index (χ3v) is 4.70. The predicted molar refractivity (Wildman–Crippen MR) is 100 cm³/mol. The summed E-state index contributed by atoms with van der Waals surface area (Å²) in [5, 5.41) is 11.1. The molecule has 0 saturated carbocycles. The largest absolute Gasteiger partial charge is 0.497 e. The van der Waals surface area contributed by atoms with Gasteiger partial charge in [0, 0.05) is 24.1 Å². The zero-order chi connectivity index (χ0) is 18.1. The lowest BCUT2D eigenvalue weighted by Crippen LogP contribution is -2.02. The molecule has 1 aliphatic rings. The van der Waals surface area contributed by atoms with Gasteiger partial charge in [-0.2, -0.15) is 5.10 Å². The van der Waals surface area contributed by atoms with Gasteiger partial charge in [0.05, 0.1) is 27.0 Å². The van der Waals surface area contributed by atoms with Crippen molar-refractivity contribution in [2.45, 2.75) is 13.0 Å². The first-order valence-electron chi connectivity index (χ1n) is 8.42. The molecule has 6 nitrogen and oxygen atoms in total. The zero-order valence-electron chi connectivity index (χ0n) is 15.1. The maximum Gasteiger partial charge on any atom is 0.161 e. The number of benzene rings is 2. The van der Waals surface area contributed by atoms with E-state index in [0.29, 0.717) is 12.3 Å². The second-order valence-corrected chi connectivity index (χ2v) is 6.17. The Labute approximate surface area is 152 Å². The van der Waals surface area contributed by atoms with Crippen LogP contribution in [0.25, 0.3) is 11.3 Å². The van der Waals surface area contributed by atoms with Crippen LogP contribution in [0.2, 0.25) is 0 Å². The number of H-pyrrole nitrogens is 1. The van der Waals surface area contributed by atoms with Gasteiger partial charge in [-0.15, -0.1) is 0 Å². The van der Waals surface area contributed by atoms with Gasteiger partial charge in [-0.25, -0.2) is 0 Å². The number of hydrogen-bond donors (Lipinski definition) is 2. The molecule has 0 aliphatic heterocycles. The molecule has 0 bridgehead atoms. The van der Waals surface area contributed by atoms with Crippen LogP contribution in [0.5, 0.6) is 17.2 Å². The van der Waals surface area contributed by atoms with Crippen LogP contribution in [-0.2, 0) is 13.0 Å². The monoisotopic (exact) mass is 351 g/mol. The first-order valence-corrected chi connectivity index (χ1v) is 8.42. The minimum Gasteiger partial charge on any atom is -0.497 e. The highest BCUT2D eigenvalue weighted by atomic mass is 16.5. The normalized spacial score (nSPS) is 11.7. The second kappa shape index (κ2) is 6.63. The van der Waals surface area contributed by atoms with Crippen LogP contribution in [0, 0.1) is 0 Å². The number of fused-ring (bicyclic) bond motifs is 3. The van der Waals surface area contributed by atoms with Gasteiger partial charge in [0.15, 0.2) is 11.5 Å². The van der Waals surface area contributed by atoms with E-state index in [0.717, 1.165) is 40.6 Å². The molecular formula is C20H21N3O3.